The van der Waals surface area contributed by atoms with Crippen molar-refractivity contribution in [3.63, 3.8) is 0 Å². The Morgan fingerprint density at radius 3 is 2.38 bits per heavy atom. The van der Waals surface area contributed by atoms with E-state index in [0.29, 0.717) is 0 Å². The molecule has 0 bridgehead atoms. The fourth-order valence-corrected chi connectivity index (χ4v) is 3.85. The molecule has 0 radical (unpaired) electrons. The van der Waals surface area contributed by atoms with Crippen LogP contribution in [0.5, 0.6) is 0 Å². The lowest BCUT2D eigenvalue weighted by atomic mass is 9.93. The molecule has 0 aromatic heterocycles. The summed E-state index contributed by atoms with van der Waals surface area (Å²) in [7, 11) is -4.69. The summed E-state index contributed by atoms with van der Waals surface area (Å²) in [6.45, 7) is 1.41. The molecule has 1 atom stereocenters. The minimum Gasteiger partial charge on any atom is -0.326 e. The molecule has 2 aromatic rings. The number of benzene rings is 2. The van der Waals surface area contributed by atoms with Gasteiger partial charge in [-0.3, -0.25) is 9.59 Å². The quantitative estimate of drug-likeness (QED) is 0.801. The van der Waals surface area contributed by atoms with Gasteiger partial charge in [0.2, 0.25) is 21.7 Å². The highest BCUT2D eigenvalue weighted by Crippen LogP contribution is 2.33. The van der Waals surface area contributed by atoms with Gasteiger partial charge in [-0.2, -0.15) is 8.78 Å². The summed E-state index contributed by atoms with van der Waals surface area (Å²) in [4.78, 5) is 25.5. The van der Waals surface area contributed by atoms with Gasteiger partial charge in [-0.05, 0) is 41.5 Å². The van der Waals surface area contributed by atoms with Crippen LogP contribution in [0.4, 0.5) is 14.5 Å². The highest BCUT2D eigenvalue weighted by atomic mass is 32.2. The maximum absolute atomic E-state index is 12.6. The Hall–Kier alpha value is -3.07. The second kappa shape index (κ2) is 8.12. The van der Waals surface area contributed by atoms with Crippen molar-refractivity contribution in [2.75, 3.05) is 5.32 Å². The van der Waals surface area contributed by atoms with Gasteiger partial charge in [0.05, 0.1) is 17.4 Å². The summed E-state index contributed by atoms with van der Waals surface area (Å²) < 4.78 is 48.1. The van der Waals surface area contributed by atoms with Crippen LogP contribution in [0.25, 0.3) is 6.08 Å². The first-order chi connectivity index (χ1) is 13.7. The molecule has 29 heavy (non-hydrogen) atoms. The molecular formula is C20H18F2N2O4S. The van der Waals surface area contributed by atoms with E-state index in [-0.39, 0.29) is 18.0 Å². The Balaban J connectivity index is 1.76. The molecular weight excluding hydrogens is 402 g/mol. The first-order valence-electron chi connectivity index (χ1n) is 8.68. The van der Waals surface area contributed by atoms with Gasteiger partial charge in [-0.1, -0.05) is 24.3 Å². The fourth-order valence-electron chi connectivity index (χ4n) is 3.13. The molecule has 1 aliphatic rings. The Morgan fingerprint density at radius 2 is 1.76 bits per heavy atom. The zero-order valence-electron chi connectivity index (χ0n) is 15.4. The van der Waals surface area contributed by atoms with E-state index in [1.165, 1.54) is 24.0 Å². The lowest BCUT2D eigenvalue weighted by molar-refractivity contribution is -0.129. The highest BCUT2D eigenvalue weighted by Gasteiger charge is 2.29. The van der Waals surface area contributed by atoms with Crippen molar-refractivity contribution in [3.05, 3.63) is 65.9 Å². The van der Waals surface area contributed by atoms with Crippen molar-refractivity contribution in [1.29, 1.82) is 0 Å². The molecule has 0 unspecified atom stereocenters. The predicted octanol–water partition coefficient (Wildman–Crippen LogP) is 3.59. The van der Waals surface area contributed by atoms with Gasteiger partial charge >= 0.3 is 5.76 Å². The summed E-state index contributed by atoms with van der Waals surface area (Å²) in [5.41, 5.74) is 2.00. The molecule has 9 heteroatoms. The highest BCUT2D eigenvalue weighted by molar-refractivity contribution is 7.91. The molecule has 1 heterocycles. The minimum absolute atomic E-state index is 0.0297. The first-order valence-corrected chi connectivity index (χ1v) is 10.2. The minimum atomic E-state index is -4.69. The number of hydrogen-bond acceptors (Lipinski definition) is 4. The molecule has 0 saturated heterocycles. The third kappa shape index (κ3) is 4.34. The molecule has 1 aliphatic heterocycles. The van der Waals surface area contributed by atoms with E-state index in [9.17, 15) is 26.8 Å². The normalized spacial score (nSPS) is 15.9. The van der Waals surface area contributed by atoms with Crippen LogP contribution in [0.3, 0.4) is 0 Å². The van der Waals surface area contributed by atoms with Gasteiger partial charge in [0, 0.05) is 18.8 Å². The molecule has 3 rings (SSSR count). The van der Waals surface area contributed by atoms with Crippen molar-refractivity contribution < 1.29 is 26.8 Å². The Bertz CT molecular complexity index is 1070. The van der Waals surface area contributed by atoms with Crippen LogP contribution in [0.2, 0.25) is 0 Å². The van der Waals surface area contributed by atoms with E-state index in [1.807, 2.05) is 24.3 Å². The number of halogens is 2. The van der Waals surface area contributed by atoms with Crippen molar-refractivity contribution in [3.8, 4) is 0 Å². The number of fused-ring (bicyclic) bond motifs is 1. The number of amides is 2. The van der Waals surface area contributed by atoms with Crippen LogP contribution in [-0.4, -0.2) is 30.9 Å². The Morgan fingerprint density at radius 1 is 1.10 bits per heavy atom. The number of carbonyl (C=O) groups is 2. The lowest BCUT2D eigenvalue weighted by Crippen LogP contribution is -2.33. The van der Waals surface area contributed by atoms with Crippen LogP contribution in [0.15, 0.2) is 59.6 Å². The van der Waals surface area contributed by atoms with E-state index in [0.717, 1.165) is 23.3 Å². The molecule has 1 N–H and O–H groups in total. The predicted molar refractivity (Wildman–Crippen MR) is 104 cm³/mol. The Labute approximate surface area is 166 Å². The zero-order chi connectivity index (χ0) is 21.2. The molecule has 0 spiro atoms. The van der Waals surface area contributed by atoms with Crippen molar-refractivity contribution >= 4 is 33.4 Å². The number of rotatable bonds is 5. The summed E-state index contributed by atoms with van der Waals surface area (Å²) in [6.07, 6.45) is 3.40. The molecule has 152 valence electrons. The number of hydrogen-bond donors (Lipinski definition) is 1. The van der Waals surface area contributed by atoms with Crippen LogP contribution in [-0.2, 0) is 19.4 Å². The molecule has 2 aromatic carbocycles. The topological polar surface area (TPSA) is 83.6 Å². The standard InChI is InChI=1S/C20H18F2N2O4S/c1-13(25)24-11-10-14-4-2-3-5-17(14)18(24)12-19(26)23-15-6-8-16(9-7-15)29(27,28)20(21)22/h2-11,18,20H,12H2,1H3,(H,23,26)/t18-/m0/s1. The largest absolute Gasteiger partial charge is 0.341 e. The first kappa shape index (κ1) is 20.7. The third-order valence-electron chi connectivity index (χ3n) is 4.55. The number of sulfone groups is 1. The van der Waals surface area contributed by atoms with Crippen LogP contribution in [0.1, 0.15) is 30.5 Å². The number of carbonyl (C=O) groups excluding carboxylic acids is 2. The molecule has 0 saturated carbocycles. The second-order valence-electron chi connectivity index (χ2n) is 6.47. The van der Waals surface area contributed by atoms with E-state index < -0.39 is 32.4 Å². The van der Waals surface area contributed by atoms with Crippen molar-refractivity contribution in [2.24, 2.45) is 0 Å². The van der Waals surface area contributed by atoms with E-state index in [2.05, 4.69) is 5.32 Å². The number of anilines is 1. The lowest BCUT2D eigenvalue weighted by Gasteiger charge is -2.32. The third-order valence-corrected chi connectivity index (χ3v) is 5.95. The number of nitrogens with one attached hydrogen (secondary N) is 1. The summed E-state index contributed by atoms with van der Waals surface area (Å²) in [5, 5.41) is 2.60. The van der Waals surface area contributed by atoms with Gasteiger partial charge in [0.25, 0.3) is 0 Å². The van der Waals surface area contributed by atoms with Gasteiger partial charge in [-0.25, -0.2) is 8.42 Å². The maximum Gasteiger partial charge on any atom is 0.341 e. The van der Waals surface area contributed by atoms with Crippen molar-refractivity contribution in [2.45, 2.75) is 30.0 Å². The average molecular weight is 420 g/mol. The van der Waals surface area contributed by atoms with Gasteiger partial charge in [0.15, 0.2) is 0 Å². The van der Waals surface area contributed by atoms with E-state index in [4.69, 9.17) is 0 Å². The molecule has 6 nitrogen and oxygen atoms in total. The van der Waals surface area contributed by atoms with Crippen LogP contribution < -0.4 is 5.32 Å². The molecule has 0 fully saturated rings. The smallest absolute Gasteiger partial charge is 0.326 e. The average Bonchev–Trinajstić information content (AvgIpc) is 2.68. The van der Waals surface area contributed by atoms with Gasteiger partial charge < -0.3 is 10.2 Å². The number of nitrogens with zero attached hydrogens (tertiary/aromatic N) is 1. The summed E-state index contributed by atoms with van der Waals surface area (Å²) >= 11 is 0. The van der Waals surface area contributed by atoms with Crippen molar-refractivity contribution in [1.82, 2.24) is 4.90 Å². The Kier molecular flexibility index (Phi) is 5.78. The zero-order valence-corrected chi connectivity index (χ0v) is 16.2. The number of alkyl halides is 2. The van der Waals surface area contributed by atoms with Crippen LogP contribution in [0, 0.1) is 0 Å². The fraction of sp³-hybridized carbons (Fsp3) is 0.200. The molecule has 0 aliphatic carbocycles. The van der Waals surface area contributed by atoms with Gasteiger partial charge in [0.1, 0.15) is 0 Å². The molecule has 2 amide bonds. The van der Waals surface area contributed by atoms with E-state index in [1.54, 1.807) is 12.3 Å². The summed E-state index contributed by atoms with van der Waals surface area (Å²) in [6, 6.07) is 11.4. The van der Waals surface area contributed by atoms with Gasteiger partial charge in [-0.15, -0.1) is 0 Å². The summed E-state index contributed by atoms with van der Waals surface area (Å²) in [5.74, 6) is -4.13. The van der Waals surface area contributed by atoms with Crippen LogP contribution >= 0.6 is 0 Å². The second-order valence-corrected chi connectivity index (χ2v) is 8.39. The maximum atomic E-state index is 12.6. The van der Waals surface area contributed by atoms with E-state index >= 15 is 0 Å². The SMILES string of the molecule is CC(=O)N1C=Cc2ccccc2[C@@H]1CC(=O)Nc1ccc(S(=O)(=O)C(F)F)cc1. The monoisotopic (exact) mass is 420 g/mol.